The van der Waals surface area contributed by atoms with Crippen molar-refractivity contribution in [3.05, 3.63) is 45.4 Å². The molecule has 1 saturated heterocycles. The van der Waals surface area contributed by atoms with E-state index >= 15 is 0 Å². The number of carbonyl (C=O) groups is 2. The molecule has 0 spiro atoms. The summed E-state index contributed by atoms with van der Waals surface area (Å²) in [6.07, 6.45) is -14.5. The Morgan fingerprint density at radius 1 is 0.906 bits per heavy atom. The Hall–Kier alpha value is -3.64. The van der Waals surface area contributed by atoms with Crippen LogP contribution in [0.4, 0.5) is 56.8 Å². The monoisotopic (exact) mass is 804 g/mol. The number of aryl methyl sites for hydroxylation is 1. The van der Waals surface area contributed by atoms with Crippen molar-refractivity contribution < 1.29 is 54.2 Å². The smallest absolute Gasteiger partial charge is 0.373 e. The Morgan fingerprint density at radius 3 is 2.06 bits per heavy atom. The average Bonchev–Trinajstić information content (AvgIpc) is 3.38. The van der Waals surface area contributed by atoms with Crippen molar-refractivity contribution in [1.29, 1.82) is 0 Å². The van der Waals surface area contributed by atoms with Crippen molar-refractivity contribution in [2.24, 2.45) is 18.9 Å². The number of nitrogens with zero attached hydrogens (tertiary/aromatic N) is 3. The first kappa shape index (κ1) is 40.5. The van der Waals surface area contributed by atoms with E-state index in [0.717, 1.165) is 0 Å². The largest absolute Gasteiger partial charge is 0.426 e. The predicted octanol–water partition coefficient (Wildman–Crippen LogP) is 8.18. The average molecular weight is 806 g/mol. The van der Waals surface area contributed by atoms with E-state index in [1.54, 1.807) is 22.6 Å². The molecule has 1 aliphatic carbocycles. The molecule has 2 fully saturated rings. The second kappa shape index (κ2) is 14.9. The fourth-order valence-electron chi connectivity index (χ4n) is 6.49. The van der Waals surface area contributed by atoms with Crippen LogP contribution in [0.15, 0.2) is 24.3 Å². The van der Waals surface area contributed by atoms with Crippen molar-refractivity contribution in [2.45, 2.75) is 82.2 Å². The van der Waals surface area contributed by atoms with E-state index in [2.05, 4.69) is 15.6 Å². The molecule has 292 valence electrons. The zero-order valence-electron chi connectivity index (χ0n) is 28.2. The van der Waals surface area contributed by atoms with Crippen molar-refractivity contribution in [1.82, 2.24) is 20.2 Å². The number of piperidine rings is 1. The lowest BCUT2D eigenvalue weighted by Crippen LogP contribution is -2.54. The minimum atomic E-state index is -5.25. The van der Waals surface area contributed by atoms with Crippen LogP contribution < -0.4 is 20.9 Å². The van der Waals surface area contributed by atoms with Gasteiger partial charge in [-0.1, -0.05) is 29.3 Å². The fraction of sp³-hybridized carbons (Fsp3) is 0.545. The quantitative estimate of drug-likeness (QED) is 0.171. The Bertz CT molecular complexity index is 1850. The number of benzene rings is 2. The van der Waals surface area contributed by atoms with E-state index in [-0.39, 0.29) is 89.9 Å². The molecule has 1 atom stereocenters. The van der Waals surface area contributed by atoms with Crippen molar-refractivity contribution >= 4 is 63.4 Å². The molecule has 0 radical (unpaired) electrons. The summed E-state index contributed by atoms with van der Waals surface area (Å²) in [5.41, 5.74) is -2.46. The highest BCUT2D eigenvalue weighted by Crippen LogP contribution is 2.41. The zero-order valence-corrected chi connectivity index (χ0v) is 29.7. The standard InChI is InChI=1S/C33H35Cl2F9N6O3/c1-30(53,33(42,43)44)28(52)45-15-16-3-8-21(34)26(25(16)35)48-29-47-22-13-20(27(51)46-19-6-4-17(5-7-19)31(36,37)38)23(14-24(22)49(29)2)50-11-9-18(10-12-50)32(39,40)41/h3,8,13-14,17-19,53H,4-7,9-12,15H2,1-2H3,(H,45,52)(H,46,51)(H,47,48)/t17-,19-,30-/m1/s1. The van der Waals surface area contributed by atoms with E-state index in [1.165, 1.54) is 18.2 Å². The van der Waals surface area contributed by atoms with Gasteiger partial charge >= 0.3 is 18.5 Å². The number of amides is 2. The van der Waals surface area contributed by atoms with E-state index in [1.807, 2.05) is 5.32 Å². The highest BCUT2D eigenvalue weighted by molar-refractivity contribution is 6.39. The normalized spacial score (nSPS) is 20.3. The number of alkyl halides is 9. The number of hydrogen-bond donors (Lipinski definition) is 4. The Balaban J connectivity index is 1.44. The molecule has 2 amide bonds. The third-order valence-corrected chi connectivity index (χ3v) is 10.7. The van der Waals surface area contributed by atoms with Crippen LogP contribution in [0.3, 0.4) is 0 Å². The Labute approximate surface area is 307 Å². The molecule has 2 aliphatic rings. The fourth-order valence-corrected chi connectivity index (χ4v) is 7.03. The predicted molar refractivity (Wildman–Crippen MR) is 179 cm³/mol. The minimum Gasteiger partial charge on any atom is -0.373 e. The van der Waals surface area contributed by atoms with Crippen LogP contribution in [0.5, 0.6) is 0 Å². The van der Waals surface area contributed by atoms with Gasteiger partial charge in [-0.25, -0.2) is 4.98 Å². The van der Waals surface area contributed by atoms with Gasteiger partial charge in [0.15, 0.2) is 0 Å². The number of hydrogen-bond acceptors (Lipinski definition) is 6. The van der Waals surface area contributed by atoms with Gasteiger partial charge in [-0.05, 0) is 69.2 Å². The van der Waals surface area contributed by atoms with Crippen LogP contribution in [-0.2, 0) is 18.4 Å². The van der Waals surface area contributed by atoms with Crippen LogP contribution in [0.2, 0.25) is 10.0 Å². The number of carbonyl (C=O) groups excluding carboxylic acids is 2. The van der Waals surface area contributed by atoms with Crippen LogP contribution in [0, 0.1) is 11.8 Å². The van der Waals surface area contributed by atoms with Gasteiger partial charge in [-0.2, -0.15) is 39.5 Å². The van der Waals surface area contributed by atoms with Crippen LogP contribution in [0.25, 0.3) is 11.0 Å². The van der Waals surface area contributed by atoms with E-state index in [0.29, 0.717) is 18.1 Å². The lowest BCUT2D eigenvalue weighted by molar-refractivity contribution is -0.245. The van der Waals surface area contributed by atoms with Gasteiger partial charge in [0.1, 0.15) is 0 Å². The summed E-state index contributed by atoms with van der Waals surface area (Å²) in [4.78, 5) is 32.0. The van der Waals surface area contributed by atoms with Crippen molar-refractivity contribution in [3.8, 4) is 0 Å². The van der Waals surface area contributed by atoms with E-state index in [4.69, 9.17) is 23.2 Å². The number of fused-ring (bicyclic) bond motifs is 1. The maximum atomic E-state index is 13.7. The molecule has 2 heterocycles. The number of aromatic nitrogens is 2. The lowest BCUT2D eigenvalue weighted by atomic mass is 9.85. The molecule has 1 aliphatic heterocycles. The molecule has 2 aromatic carbocycles. The topological polar surface area (TPSA) is 112 Å². The zero-order chi connectivity index (χ0) is 39.3. The Kier molecular flexibility index (Phi) is 11.4. The van der Waals surface area contributed by atoms with Gasteiger partial charge in [0.2, 0.25) is 11.5 Å². The molecule has 5 rings (SSSR count). The van der Waals surface area contributed by atoms with Gasteiger partial charge in [0.25, 0.3) is 11.8 Å². The summed E-state index contributed by atoms with van der Waals surface area (Å²) in [6.45, 7) is -0.272. The van der Waals surface area contributed by atoms with Crippen LogP contribution in [0.1, 0.15) is 61.4 Å². The molecule has 20 heteroatoms. The molecular weight excluding hydrogens is 770 g/mol. The van der Waals surface area contributed by atoms with Crippen molar-refractivity contribution in [2.75, 3.05) is 23.3 Å². The van der Waals surface area contributed by atoms with Crippen LogP contribution in [-0.4, -0.2) is 69.7 Å². The molecule has 3 aromatic rings. The van der Waals surface area contributed by atoms with Crippen LogP contribution >= 0.6 is 23.2 Å². The first-order chi connectivity index (χ1) is 24.5. The second-order valence-corrected chi connectivity index (χ2v) is 14.3. The van der Waals surface area contributed by atoms with Gasteiger partial charge in [-0.3, -0.25) is 9.59 Å². The number of halogens is 11. The van der Waals surface area contributed by atoms with Gasteiger partial charge < -0.3 is 30.5 Å². The number of rotatable bonds is 8. The minimum absolute atomic E-state index is 0.0252. The summed E-state index contributed by atoms with van der Waals surface area (Å²) in [7, 11) is 1.58. The molecule has 4 N–H and O–H groups in total. The number of nitrogens with one attached hydrogen (secondary N) is 3. The molecule has 53 heavy (non-hydrogen) atoms. The highest BCUT2D eigenvalue weighted by atomic mass is 35.5. The maximum absolute atomic E-state index is 13.7. The molecule has 9 nitrogen and oxygen atoms in total. The first-order valence-corrected chi connectivity index (χ1v) is 17.3. The van der Waals surface area contributed by atoms with Gasteiger partial charge in [-0.15, -0.1) is 0 Å². The maximum Gasteiger partial charge on any atom is 0.426 e. The van der Waals surface area contributed by atoms with Gasteiger partial charge in [0.05, 0.1) is 49.9 Å². The molecular formula is C33H35Cl2F9N6O3. The number of anilines is 3. The third kappa shape index (κ3) is 8.69. The number of aliphatic hydroxyl groups is 1. The molecule has 1 aromatic heterocycles. The number of imidazole rings is 1. The van der Waals surface area contributed by atoms with Crippen molar-refractivity contribution in [3.63, 3.8) is 0 Å². The first-order valence-electron chi connectivity index (χ1n) is 16.5. The molecule has 0 bridgehead atoms. The van der Waals surface area contributed by atoms with E-state index < -0.39 is 60.4 Å². The highest BCUT2D eigenvalue weighted by Gasteiger charge is 2.55. The second-order valence-electron chi connectivity index (χ2n) is 13.5. The summed E-state index contributed by atoms with van der Waals surface area (Å²) in [6, 6.07) is 5.17. The lowest BCUT2D eigenvalue weighted by Gasteiger charge is -2.35. The summed E-state index contributed by atoms with van der Waals surface area (Å²) in [5.74, 6) is -5.22. The Morgan fingerprint density at radius 2 is 1.49 bits per heavy atom. The summed E-state index contributed by atoms with van der Waals surface area (Å²) in [5, 5.41) is 17.3. The van der Waals surface area contributed by atoms with Gasteiger partial charge in [0, 0.05) is 32.7 Å². The van der Waals surface area contributed by atoms with E-state index in [9.17, 15) is 54.2 Å². The summed E-state index contributed by atoms with van der Waals surface area (Å²) >= 11 is 12.9. The molecule has 1 saturated carbocycles. The molecule has 0 unspecified atom stereocenters. The third-order valence-electron chi connectivity index (χ3n) is 9.91. The summed E-state index contributed by atoms with van der Waals surface area (Å²) < 4.78 is 121. The SMILES string of the molecule is Cn1c(Nc2c(Cl)ccc(CNC(=O)[C@@](C)(O)C(F)(F)F)c2Cl)nc2cc(C(=O)N[C@H]3CC[C@H](C(F)(F)F)CC3)c(N3CCC(C(F)(F)F)CC3)cc21.